The number of ether oxygens (including phenoxy) is 4. The molecule has 0 N–H and O–H groups in total. The van der Waals surface area contributed by atoms with Gasteiger partial charge < -0.3 is 33.6 Å². The van der Waals surface area contributed by atoms with Gasteiger partial charge in [0, 0.05) is 60.0 Å². The summed E-state index contributed by atoms with van der Waals surface area (Å²) in [5.41, 5.74) is 1.92. The third kappa shape index (κ3) is 10.9. The van der Waals surface area contributed by atoms with Crippen LogP contribution in [0.2, 0.25) is 0 Å². The van der Waals surface area contributed by atoms with Gasteiger partial charge in [0.05, 0.1) is 26.4 Å². The van der Waals surface area contributed by atoms with Gasteiger partial charge in [0.1, 0.15) is 24.7 Å². The minimum atomic E-state index is -0.105. The molecule has 6 rings (SSSR count). The second-order valence-electron chi connectivity index (χ2n) is 9.60. The lowest BCUT2D eigenvalue weighted by Gasteiger charge is -2.29. The minimum absolute atomic E-state index is 0.0771. The maximum atomic E-state index is 12.4. The van der Waals surface area contributed by atoms with Crippen molar-refractivity contribution in [3.63, 3.8) is 0 Å². The first-order chi connectivity index (χ1) is 19.3. The van der Waals surface area contributed by atoms with E-state index in [9.17, 15) is 14.4 Å². The van der Waals surface area contributed by atoms with Crippen LogP contribution in [0.3, 0.4) is 0 Å². The Hall–Kier alpha value is -3.63. The highest BCUT2D eigenvalue weighted by Gasteiger charge is 2.17. The van der Waals surface area contributed by atoms with Crippen LogP contribution in [0.1, 0.15) is 31.9 Å². The van der Waals surface area contributed by atoms with Gasteiger partial charge in [0.2, 0.25) is 17.7 Å². The Kier molecular flexibility index (Phi) is 12.7. The highest BCUT2D eigenvalue weighted by Crippen LogP contribution is 2.16. The average Bonchev–Trinajstić information content (AvgIpc) is 2.93. The van der Waals surface area contributed by atoms with Crippen LogP contribution in [0.5, 0.6) is 11.5 Å². The molecular formula is C30H41N3O7. The molecule has 10 nitrogen and oxygen atoms in total. The van der Waals surface area contributed by atoms with Gasteiger partial charge in [-0.25, -0.2) is 0 Å². The van der Waals surface area contributed by atoms with E-state index < -0.39 is 0 Å². The van der Waals surface area contributed by atoms with Crippen LogP contribution in [0.15, 0.2) is 48.5 Å². The first-order valence-corrected chi connectivity index (χ1v) is 13.7. The van der Waals surface area contributed by atoms with Crippen LogP contribution in [0.4, 0.5) is 0 Å². The molecule has 0 saturated heterocycles. The molecule has 3 amide bonds. The van der Waals surface area contributed by atoms with Crippen LogP contribution in [-0.2, 0) is 36.9 Å². The average molecular weight is 556 g/mol. The van der Waals surface area contributed by atoms with E-state index in [0.717, 1.165) is 22.6 Å². The Morgan fingerprint density at radius 3 is 1.18 bits per heavy atom. The van der Waals surface area contributed by atoms with Crippen LogP contribution >= 0.6 is 0 Å². The molecule has 2 aromatic rings. The monoisotopic (exact) mass is 555 g/mol. The zero-order valence-corrected chi connectivity index (χ0v) is 23.8. The van der Waals surface area contributed by atoms with E-state index >= 15 is 0 Å². The minimum Gasteiger partial charge on any atom is -0.491 e. The predicted molar refractivity (Wildman–Crippen MR) is 150 cm³/mol. The predicted octanol–water partition coefficient (Wildman–Crippen LogP) is 2.74. The number of nitrogens with zero attached hydrogens (tertiary/aromatic N) is 3. The van der Waals surface area contributed by atoms with Crippen molar-refractivity contribution >= 4 is 17.7 Å². The van der Waals surface area contributed by atoms with Crippen molar-refractivity contribution in [1.29, 1.82) is 0 Å². The van der Waals surface area contributed by atoms with Crippen LogP contribution < -0.4 is 9.47 Å². The van der Waals surface area contributed by atoms with Crippen molar-refractivity contribution in [1.82, 2.24) is 14.7 Å². The van der Waals surface area contributed by atoms with Crippen molar-refractivity contribution in [2.75, 3.05) is 65.8 Å². The van der Waals surface area contributed by atoms with Gasteiger partial charge in [-0.1, -0.05) is 24.3 Å². The van der Waals surface area contributed by atoms with Gasteiger partial charge >= 0.3 is 0 Å². The number of benzene rings is 2. The van der Waals surface area contributed by atoms with Crippen molar-refractivity contribution in [2.45, 2.75) is 33.9 Å². The summed E-state index contributed by atoms with van der Waals surface area (Å²) in [5.74, 6) is 1.18. The van der Waals surface area contributed by atoms with E-state index in [1.54, 1.807) is 14.7 Å². The molecule has 0 atom stereocenters. The molecule has 0 saturated carbocycles. The molecule has 4 aliphatic heterocycles. The van der Waals surface area contributed by atoms with Gasteiger partial charge in [0.25, 0.3) is 0 Å². The number of carbonyl (C=O) groups is 3. The maximum Gasteiger partial charge on any atom is 0.219 e. The van der Waals surface area contributed by atoms with Crippen LogP contribution in [0.25, 0.3) is 0 Å². The largest absolute Gasteiger partial charge is 0.491 e. The lowest BCUT2D eigenvalue weighted by Crippen LogP contribution is -2.43. The Bertz CT molecular complexity index is 996. The Labute approximate surface area is 236 Å². The second-order valence-corrected chi connectivity index (χ2v) is 9.60. The Morgan fingerprint density at radius 1 is 0.500 bits per heavy atom. The van der Waals surface area contributed by atoms with E-state index in [0.29, 0.717) is 78.9 Å². The number of rotatable bonds is 0. The summed E-state index contributed by atoms with van der Waals surface area (Å²) < 4.78 is 22.6. The third-order valence-corrected chi connectivity index (χ3v) is 6.57. The first-order valence-electron chi connectivity index (χ1n) is 13.7. The Balaban J connectivity index is 1.68. The molecule has 4 aliphatic rings. The first kappa shape index (κ1) is 30.9. The highest BCUT2D eigenvalue weighted by molar-refractivity contribution is 5.75. The topological polar surface area (TPSA) is 97.9 Å². The fourth-order valence-electron chi connectivity index (χ4n) is 4.19. The number of hydrogen-bond acceptors (Lipinski definition) is 7. The standard InChI is InChI=1S/C30H41N3O7/c1-24(34)31-12-14-32(25(2)35)22-27-4-8-29(9-5-27)39-20-18-37-16-17-38-19-21-40-30-10-6-28(7-11-30)23-33(15-13-31)26(3)36/h4-11H,12-23H2,1-3H3. The van der Waals surface area contributed by atoms with Gasteiger partial charge in [-0.15, -0.1) is 0 Å². The fourth-order valence-corrected chi connectivity index (χ4v) is 4.19. The molecule has 2 aromatic carbocycles. The van der Waals surface area contributed by atoms with Crippen LogP contribution in [-0.4, -0.2) is 98.2 Å². The lowest BCUT2D eigenvalue weighted by atomic mass is 10.2. The molecule has 0 radical (unpaired) electrons. The molecule has 0 aliphatic carbocycles. The molecule has 4 bridgehead atoms. The zero-order chi connectivity index (χ0) is 28.7. The molecule has 10 heteroatoms. The molecular weight excluding hydrogens is 514 g/mol. The summed E-state index contributed by atoms with van der Waals surface area (Å²) in [6, 6.07) is 15.2. The number of carbonyl (C=O) groups excluding carboxylic acids is 3. The SMILES string of the molecule is CC(=O)N1CCN(C(C)=O)Cc2ccc(cc2)OCCOCCOCCOc2ccc(cc2)CN(C(C)=O)CC1. The quantitative estimate of drug-likeness (QED) is 0.493. The van der Waals surface area contributed by atoms with Gasteiger partial charge in [0.15, 0.2) is 0 Å². The van der Waals surface area contributed by atoms with E-state index in [1.165, 1.54) is 20.8 Å². The van der Waals surface area contributed by atoms with Crippen molar-refractivity contribution < 1.29 is 33.3 Å². The highest BCUT2D eigenvalue weighted by atomic mass is 16.6. The van der Waals surface area contributed by atoms with Crippen LogP contribution in [0, 0.1) is 0 Å². The van der Waals surface area contributed by atoms with E-state index in [4.69, 9.17) is 18.9 Å². The second kappa shape index (κ2) is 16.5. The number of hydrogen-bond donors (Lipinski definition) is 0. The Morgan fingerprint density at radius 2 is 0.825 bits per heavy atom. The lowest BCUT2D eigenvalue weighted by molar-refractivity contribution is -0.134. The molecule has 0 spiro atoms. The normalized spacial score (nSPS) is 17.0. The van der Waals surface area contributed by atoms with Crippen molar-refractivity contribution in [3.05, 3.63) is 59.7 Å². The fraction of sp³-hybridized carbons (Fsp3) is 0.500. The number of amides is 3. The van der Waals surface area contributed by atoms with Crippen molar-refractivity contribution in [2.24, 2.45) is 0 Å². The van der Waals surface area contributed by atoms with E-state index in [-0.39, 0.29) is 17.7 Å². The van der Waals surface area contributed by atoms with Gasteiger partial charge in [-0.3, -0.25) is 14.4 Å². The summed E-state index contributed by atoms with van der Waals surface area (Å²) in [6.07, 6.45) is 0. The summed E-state index contributed by atoms with van der Waals surface area (Å²) in [7, 11) is 0. The molecule has 40 heavy (non-hydrogen) atoms. The summed E-state index contributed by atoms with van der Waals surface area (Å²) in [5, 5.41) is 0. The van der Waals surface area contributed by atoms with E-state index in [2.05, 4.69) is 0 Å². The molecule has 0 aromatic heterocycles. The van der Waals surface area contributed by atoms with E-state index in [1.807, 2.05) is 48.5 Å². The summed E-state index contributed by atoms with van der Waals surface area (Å²) in [6.45, 7) is 9.56. The molecule has 0 fully saturated rings. The van der Waals surface area contributed by atoms with Gasteiger partial charge in [-0.2, -0.15) is 0 Å². The smallest absolute Gasteiger partial charge is 0.219 e. The van der Waals surface area contributed by atoms with Gasteiger partial charge in [-0.05, 0) is 35.4 Å². The molecule has 218 valence electrons. The molecule has 0 unspecified atom stereocenters. The molecule has 4 heterocycles. The third-order valence-electron chi connectivity index (χ3n) is 6.57. The summed E-state index contributed by atoms with van der Waals surface area (Å²) in [4.78, 5) is 42.2. The maximum absolute atomic E-state index is 12.4. The zero-order valence-electron chi connectivity index (χ0n) is 23.8. The summed E-state index contributed by atoms with van der Waals surface area (Å²) >= 11 is 0. The van der Waals surface area contributed by atoms with Crippen molar-refractivity contribution in [3.8, 4) is 11.5 Å².